The lowest BCUT2D eigenvalue weighted by atomic mass is 10.1. The average Bonchev–Trinajstić information content (AvgIpc) is 2.54. The van der Waals surface area contributed by atoms with Crippen LogP contribution in [-0.4, -0.2) is 26.1 Å². The summed E-state index contributed by atoms with van der Waals surface area (Å²) in [6.45, 7) is 1.73. The molecule has 0 aliphatic carbocycles. The van der Waals surface area contributed by atoms with E-state index < -0.39 is 6.10 Å². The fourth-order valence-electron chi connectivity index (χ4n) is 1.92. The maximum atomic E-state index is 12.3. The Kier molecular flexibility index (Phi) is 4.82. The Morgan fingerprint density at radius 3 is 2.14 bits per heavy atom. The quantitative estimate of drug-likeness (QED) is 0.764. The topological polar surface area (TPSA) is 44.8 Å². The van der Waals surface area contributed by atoms with Crippen LogP contribution in [0, 0.1) is 0 Å². The molecule has 0 heterocycles. The first-order valence-electron chi connectivity index (χ1n) is 6.63. The molecule has 4 nitrogen and oxygen atoms in total. The van der Waals surface area contributed by atoms with Crippen molar-refractivity contribution in [3.63, 3.8) is 0 Å². The highest BCUT2D eigenvalue weighted by Gasteiger charge is 2.17. The van der Waals surface area contributed by atoms with Crippen molar-refractivity contribution in [3.8, 4) is 17.2 Å². The maximum Gasteiger partial charge on any atom is 0.202 e. The maximum absolute atomic E-state index is 12.3. The Labute approximate surface area is 124 Å². The van der Waals surface area contributed by atoms with Gasteiger partial charge in [-0.05, 0) is 43.3 Å². The van der Waals surface area contributed by atoms with Crippen molar-refractivity contribution >= 4 is 5.78 Å². The van der Waals surface area contributed by atoms with E-state index in [1.54, 1.807) is 57.5 Å². The van der Waals surface area contributed by atoms with Gasteiger partial charge in [-0.15, -0.1) is 0 Å². The third-order valence-corrected chi connectivity index (χ3v) is 3.10. The van der Waals surface area contributed by atoms with Crippen LogP contribution in [0.15, 0.2) is 48.5 Å². The molecule has 21 heavy (non-hydrogen) atoms. The zero-order valence-electron chi connectivity index (χ0n) is 12.3. The van der Waals surface area contributed by atoms with Crippen LogP contribution < -0.4 is 14.2 Å². The summed E-state index contributed by atoms with van der Waals surface area (Å²) in [5.41, 5.74) is 0.589. The molecular weight excluding hydrogens is 268 g/mol. The van der Waals surface area contributed by atoms with Gasteiger partial charge in [-0.1, -0.05) is 6.07 Å². The number of ether oxygens (including phenoxy) is 3. The second-order valence-electron chi connectivity index (χ2n) is 4.53. The minimum Gasteiger partial charge on any atom is -0.497 e. The minimum absolute atomic E-state index is 0.0829. The van der Waals surface area contributed by atoms with E-state index in [0.29, 0.717) is 22.8 Å². The van der Waals surface area contributed by atoms with E-state index >= 15 is 0 Å². The third-order valence-electron chi connectivity index (χ3n) is 3.10. The monoisotopic (exact) mass is 286 g/mol. The van der Waals surface area contributed by atoms with Gasteiger partial charge in [0.15, 0.2) is 6.10 Å². The van der Waals surface area contributed by atoms with Gasteiger partial charge in [0.1, 0.15) is 17.2 Å². The number of ketones is 1. The van der Waals surface area contributed by atoms with E-state index in [9.17, 15) is 4.79 Å². The highest BCUT2D eigenvalue weighted by Crippen LogP contribution is 2.21. The normalized spacial score (nSPS) is 11.6. The smallest absolute Gasteiger partial charge is 0.202 e. The molecule has 0 saturated carbocycles. The Balaban J connectivity index is 2.07. The van der Waals surface area contributed by atoms with Crippen LogP contribution in [0.4, 0.5) is 0 Å². The van der Waals surface area contributed by atoms with Crippen LogP contribution in [0.5, 0.6) is 17.2 Å². The predicted molar refractivity (Wildman–Crippen MR) is 80.4 cm³/mol. The van der Waals surface area contributed by atoms with Crippen LogP contribution in [0.1, 0.15) is 17.3 Å². The highest BCUT2D eigenvalue weighted by molar-refractivity contribution is 5.99. The first-order valence-corrected chi connectivity index (χ1v) is 6.63. The number of methoxy groups -OCH3 is 2. The van der Waals surface area contributed by atoms with Crippen LogP contribution >= 0.6 is 0 Å². The van der Waals surface area contributed by atoms with Gasteiger partial charge in [0.25, 0.3) is 0 Å². The largest absolute Gasteiger partial charge is 0.497 e. The van der Waals surface area contributed by atoms with E-state index in [0.717, 1.165) is 0 Å². The van der Waals surface area contributed by atoms with Crippen molar-refractivity contribution in [2.75, 3.05) is 14.2 Å². The summed E-state index contributed by atoms with van der Waals surface area (Å²) in [4.78, 5) is 12.3. The predicted octanol–water partition coefficient (Wildman–Crippen LogP) is 3.35. The molecule has 0 aromatic heterocycles. The molecule has 2 aromatic carbocycles. The summed E-state index contributed by atoms with van der Waals surface area (Å²) in [5, 5.41) is 0. The Morgan fingerprint density at radius 2 is 1.52 bits per heavy atom. The molecule has 0 saturated heterocycles. The lowest BCUT2D eigenvalue weighted by molar-refractivity contribution is 0.0817. The zero-order valence-corrected chi connectivity index (χ0v) is 12.3. The van der Waals surface area contributed by atoms with Crippen LogP contribution in [0.25, 0.3) is 0 Å². The number of rotatable bonds is 6. The summed E-state index contributed by atoms with van der Waals surface area (Å²) in [6.07, 6.45) is -0.578. The Bertz CT molecular complexity index is 604. The minimum atomic E-state index is -0.578. The molecule has 4 heteroatoms. The molecule has 2 rings (SSSR count). The number of benzene rings is 2. The summed E-state index contributed by atoms with van der Waals surface area (Å²) >= 11 is 0. The highest BCUT2D eigenvalue weighted by atomic mass is 16.5. The SMILES string of the molecule is COc1ccc(C(=O)C(C)Oc2cccc(OC)c2)cc1. The summed E-state index contributed by atoms with van der Waals surface area (Å²) in [5.74, 6) is 1.92. The Hall–Kier alpha value is -2.49. The van der Waals surface area contributed by atoms with Gasteiger partial charge in [0, 0.05) is 11.6 Å². The van der Waals surface area contributed by atoms with E-state index in [1.807, 2.05) is 12.1 Å². The first kappa shape index (κ1) is 14.9. The third kappa shape index (κ3) is 3.75. The van der Waals surface area contributed by atoms with Gasteiger partial charge in [-0.3, -0.25) is 4.79 Å². The molecule has 0 aliphatic heterocycles. The molecule has 1 atom stereocenters. The standard InChI is InChI=1S/C17H18O4/c1-12(21-16-6-4-5-15(11-16)20-3)17(18)13-7-9-14(19-2)10-8-13/h4-12H,1-3H3. The van der Waals surface area contributed by atoms with Crippen LogP contribution in [-0.2, 0) is 0 Å². The van der Waals surface area contributed by atoms with E-state index in [-0.39, 0.29) is 5.78 Å². The fourth-order valence-corrected chi connectivity index (χ4v) is 1.92. The van der Waals surface area contributed by atoms with Crippen LogP contribution in [0.3, 0.4) is 0 Å². The van der Waals surface area contributed by atoms with Crippen molar-refractivity contribution < 1.29 is 19.0 Å². The van der Waals surface area contributed by atoms with Crippen molar-refractivity contribution in [1.82, 2.24) is 0 Å². The molecule has 0 spiro atoms. The van der Waals surface area contributed by atoms with E-state index in [1.165, 1.54) is 0 Å². The van der Waals surface area contributed by atoms with Crippen molar-refractivity contribution in [2.24, 2.45) is 0 Å². The second kappa shape index (κ2) is 6.79. The summed E-state index contributed by atoms with van der Waals surface area (Å²) < 4.78 is 15.9. The number of hydrogen-bond donors (Lipinski definition) is 0. The lowest BCUT2D eigenvalue weighted by Gasteiger charge is -2.14. The molecule has 2 aromatic rings. The van der Waals surface area contributed by atoms with Gasteiger partial charge >= 0.3 is 0 Å². The van der Waals surface area contributed by atoms with Gasteiger partial charge < -0.3 is 14.2 Å². The first-order chi connectivity index (χ1) is 10.1. The van der Waals surface area contributed by atoms with E-state index in [2.05, 4.69) is 0 Å². The van der Waals surface area contributed by atoms with Crippen molar-refractivity contribution in [3.05, 3.63) is 54.1 Å². The second-order valence-corrected chi connectivity index (χ2v) is 4.53. The summed E-state index contributed by atoms with van der Waals surface area (Å²) in [7, 11) is 3.18. The Morgan fingerprint density at radius 1 is 0.905 bits per heavy atom. The van der Waals surface area contributed by atoms with E-state index in [4.69, 9.17) is 14.2 Å². The molecule has 0 bridgehead atoms. The zero-order chi connectivity index (χ0) is 15.2. The molecule has 0 aliphatic rings. The van der Waals surface area contributed by atoms with Crippen molar-refractivity contribution in [2.45, 2.75) is 13.0 Å². The summed E-state index contributed by atoms with van der Waals surface area (Å²) in [6, 6.07) is 14.1. The molecule has 0 radical (unpaired) electrons. The molecule has 110 valence electrons. The number of carbonyl (C=O) groups is 1. The van der Waals surface area contributed by atoms with Gasteiger partial charge in [0.2, 0.25) is 5.78 Å². The molecule has 0 fully saturated rings. The lowest BCUT2D eigenvalue weighted by Crippen LogP contribution is -2.23. The molecule has 0 N–H and O–H groups in total. The van der Waals surface area contributed by atoms with Gasteiger partial charge in [-0.25, -0.2) is 0 Å². The van der Waals surface area contributed by atoms with Gasteiger partial charge in [0.05, 0.1) is 14.2 Å². The van der Waals surface area contributed by atoms with Gasteiger partial charge in [-0.2, -0.15) is 0 Å². The number of hydrogen-bond acceptors (Lipinski definition) is 4. The molecule has 1 unspecified atom stereocenters. The fraction of sp³-hybridized carbons (Fsp3) is 0.235. The van der Waals surface area contributed by atoms with Crippen LogP contribution in [0.2, 0.25) is 0 Å². The number of carbonyl (C=O) groups excluding carboxylic acids is 1. The molecule has 0 amide bonds. The average molecular weight is 286 g/mol. The molecular formula is C17H18O4. The van der Waals surface area contributed by atoms with Crippen molar-refractivity contribution in [1.29, 1.82) is 0 Å². The number of Topliss-reactive ketones (excluding diaryl/α,β-unsaturated/α-hetero) is 1.